The number of halogens is 4. The Morgan fingerprint density at radius 1 is 1.21 bits per heavy atom. The molecule has 0 aliphatic carbocycles. The van der Waals surface area contributed by atoms with E-state index in [-0.39, 0.29) is 11.5 Å². The molecule has 1 aliphatic rings. The van der Waals surface area contributed by atoms with Gasteiger partial charge in [0.05, 0.1) is 5.56 Å². The number of rotatable bonds is 2. The Hall–Kier alpha value is -1.14. The maximum Gasteiger partial charge on any atom is 0.416 e. The van der Waals surface area contributed by atoms with Crippen LogP contribution in [0.2, 0.25) is 0 Å². The first-order valence-corrected chi connectivity index (χ1v) is 6.22. The Morgan fingerprint density at radius 3 is 2.42 bits per heavy atom. The topological polar surface area (TPSA) is 38.0 Å². The van der Waals surface area contributed by atoms with E-state index >= 15 is 0 Å². The Morgan fingerprint density at radius 2 is 1.84 bits per heavy atom. The summed E-state index contributed by atoms with van der Waals surface area (Å²) in [6.07, 6.45) is -3.12. The van der Waals surface area contributed by atoms with Crippen LogP contribution in [0.4, 0.5) is 17.6 Å². The van der Waals surface area contributed by atoms with Gasteiger partial charge in [-0.05, 0) is 49.5 Å². The van der Waals surface area contributed by atoms with Crippen molar-refractivity contribution in [2.75, 3.05) is 13.1 Å². The fourth-order valence-corrected chi connectivity index (χ4v) is 2.52. The highest BCUT2D eigenvalue weighted by molar-refractivity contribution is 5.33. The fraction of sp³-hybridized carbons (Fsp3) is 0.538. The summed E-state index contributed by atoms with van der Waals surface area (Å²) >= 11 is 0. The number of hydrogen-bond acceptors (Lipinski definition) is 2. The molecule has 0 amide bonds. The van der Waals surface area contributed by atoms with Crippen molar-refractivity contribution in [3.63, 3.8) is 0 Å². The summed E-state index contributed by atoms with van der Waals surface area (Å²) in [5.74, 6) is -0.901. The molecule has 106 valence electrons. The summed E-state index contributed by atoms with van der Waals surface area (Å²) in [6, 6.07) is 2.01. The molecule has 1 aliphatic heterocycles. The monoisotopic (exact) mass is 276 g/mol. The Bertz CT molecular complexity index is 439. The molecule has 1 heterocycles. The molecule has 0 spiro atoms. The van der Waals surface area contributed by atoms with Crippen molar-refractivity contribution in [2.24, 2.45) is 11.7 Å². The number of piperidine rings is 1. The van der Waals surface area contributed by atoms with Crippen LogP contribution in [0.25, 0.3) is 0 Å². The summed E-state index contributed by atoms with van der Waals surface area (Å²) < 4.78 is 51.8. The highest BCUT2D eigenvalue weighted by Gasteiger charge is 2.36. The molecule has 1 aromatic rings. The van der Waals surface area contributed by atoms with Crippen molar-refractivity contribution in [3.05, 3.63) is 35.1 Å². The Kier molecular flexibility index (Phi) is 4.10. The zero-order valence-corrected chi connectivity index (χ0v) is 10.3. The lowest BCUT2D eigenvalue weighted by atomic mass is 9.84. The van der Waals surface area contributed by atoms with Gasteiger partial charge in [-0.1, -0.05) is 6.07 Å². The smallest absolute Gasteiger partial charge is 0.324 e. The third-order valence-electron chi connectivity index (χ3n) is 3.57. The van der Waals surface area contributed by atoms with Crippen molar-refractivity contribution < 1.29 is 17.6 Å². The third-order valence-corrected chi connectivity index (χ3v) is 3.57. The summed E-state index contributed by atoms with van der Waals surface area (Å²) in [7, 11) is 0. The average molecular weight is 276 g/mol. The molecule has 0 radical (unpaired) electrons. The predicted octanol–water partition coefficient (Wildman–Crippen LogP) is 2.84. The van der Waals surface area contributed by atoms with Gasteiger partial charge in [-0.2, -0.15) is 13.2 Å². The van der Waals surface area contributed by atoms with E-state index < -0.39 is 23.6 Å². The highest BCUT2D eigenvalue weighted by atomic mass is 19.4. The van der Waals surface area contributed by atoms with E-state index in [4.69, 9.17) is 5.73 Å². The minimum atomic E-state index is -4.58. The number of alkyl halides is 3. The van der Waals surface area contributed by atoms with E-state index in [1.807, 2.05) is 0 Å². The van der Waals surface area contributed by atoms with Gasteiger partial charge in [0.25, 0.3) is 0 Å². The molecule has 0 unspecified atom stereocenters. The summed E-state index contributed by atoms with van der Waals surface area (Å²) in [5, 5.41) is 3.14. The van der Waals surface area contributed by atoms with Gasteiger partial charge in [0.15, 0.2) is 0 Å². The lowest BCUT2D eigenvalue weighted by molar-refractivity contribution is -0.138. The van der Waals surface area contributed by atoms with Crippen LogP contribution in [-0.4, -0.2) is 13.1 Å². The first kappa shape index (κ1) is 14.3. The van der Waals surface area contributed by atoms with Crippen LogP contribution in [0.15, 0.2) is 18.2 Å². The summed E-state index contributed by atoms with van der Waals surface area (Å²) in [6.45, 7) is 1.50. The van der Waals surface area contributed by atoms with Gasteiger partial charge >= 0.3 is 6.18 Å². The van der Waals surface area contributed by atoms with Crippen LogP contribution in [0.3, 0.4) is 0 Å². The van der Waals surface area contributed by atoms with Crippen molar-refractivity contribution >= 4 is 0 Å². The van der Waals surface area contributed by atoms with Crippen molar-refractivity contribution in [1.82, 2.24) is 5.32 Å². The van der Waals surface area contributed by atoms with E-state index in [9.17, 15) is 17.6 Å². The van der Waals surface area contributed by atoms with E-state index in [0.717, 1.165) is 38.1 Å². The second-order valence-corrected chi connectivity index (χ2v) is 4.84. The molecular weight excluding hydrogens is 260 g/mol. The lowest BCUT2D eigenvalue weighted by Gasteiger charge is -2.30. The first-order valence-electron chi connectivity index (χ1n) is 6.22. The molecule has 1 aromatic carbocycles. The summed E-state index contributed by atoms with van der Waals surface area (Å²) in [4.78, 5) is 0. The van der Waals surface area contributed by atoms with E-state index in [2.05, 4.69) is 5.32 Å². The van der Waals surface area contributed by atoms with Gasteiger partial charge < -0.3 is 11.1 Å². The van der Waals surface area contributed by atoms with Crippen LogP contribution in [0, 0.1) is 11.7 Å². The molecule has 1 atom stereocenters. The first-order chi connectivity index (χ1) is 8.89. The fourth-order valence-electron chi connectivity index (χ4n) is 2.52. The molecule has 1 fully saturated rings. The Balaban J connectivity index is 2.32. The number of nitrogens with one attached hydrogen (secondary N) is 1. The van der Waals surface area contributed by atoms with Gasteiger partial charge in [-0.3, -0.25) is 0 Å². The minimum Gasteiger partial charge on any atom is -0.324 e. The maximum absolute atomic E-state index is 13.0. The van der Waals surface area contributed by atoms with Crippen LogP contribution in [-0.2, 0) is 6.18 Å². The van der Waals surface area contributed by atoms with E-state index in [0.29, 0.717) is 6.07 Å². The normalized spacial score (nSPS) is 19.4. The lowest BCUT2D eigenvalue weighted by Crippen LogP contribution is -2.34. The molecule has 3 N–H and O–H groups in total. The summed E-state index contributed by atoms with van der Waals surface area (Å²) in [5.41, 5.74) is 4.99. The van der Waals surface area contributed by atoms with Gasteiger partial charge in [-0.15, -0.1) is 0 Å². The molecule has 2 rings (SSSR count). The molecule has 0 bridgehead atoms. The molecule has 0 saturated carbocycles. The average Bonchev–Trinajstić information content (AvgIpc) is 2.38. The van der Waals surface area contributed by atoms with Gasteiger partial charge in [0.1, 0.15) is 5.82 Å². The molecule has 2 nitrogen and oxygen atoms in total. The Labute approximate surface area is 109 Å². The maximum atomic E-state index is 13.0. The molecule has 19 heavy (non-hydrogen) atoms. The molecule has 1 saturated heterocycles. The predicted molar refractivity (Wildman–Crippen MR) is 63.9 cm³/mol. The van der Waals surface area contributed by atoms with Crippen LogP contribution in [0.1, 0.15) is 30.0 Å². The van der Waals surface area contributed by atoms with Crippen molar-refractivity contribution in [2.45, 2.75) is 25.1 Å². The molecule has 6 heteroatoms. The highest BCUT2D eigenvalue weighted by Crippen LogP contribution is 2.37. The van der Waals surface area contributed by atoms with Crippen molar-refractivity contribution in [3.8, 4) is 0 Å². The number of nitrogens with two attached hydrogens (primary N) is 1. The van der Waals surface area contributed by atoms with Gasteiger partial charge in [-0.25, -0.2) is 4.39 Å². The molecule has 0 aromatic heterocycles. The van der Waals surface area contributed by atoms with Crippen LogP contribution < -0.4 is 11.1 Å². The zero-order valence-electron chi connectivity index (χ0n) is 10.3. The van der Waals surface area contributed by atoms with Gasteiger partial charge in [0, 0.05) is 6.04 Å². The minimum absolute atomic E-state index is 0.00666. The number of benzene rings is 1. The largest absolute Gasteiger partial charge is 0.416 e. The quantitative estimate of drug-likeness (QED) is 0.815. The van der Waals surface area contributed by atoms with E-state index in [1.165, 1.54) is 0 Å². The standard InChI is InChI=1S/C13H16F4N2/c14-9-1-2-10(11(7-9)13(15,16)17)12(18)8-3-5-19-6-4-8/h1-2,7-8,12,19H,3-6,18H2/t12-/m1/s1. The van der Waals surface area contributed by atoms with E-state index in [1.54, 1.807) is 0 Å². The second-order valence-electron chi connectivity index (χ2n) is 4.84. The molecular formula is C13H16F4N2. The van der Waals surface area contributed by atoms with Crippen molar-refractivity contribution in [1.29, 1.82) is 0 Å². The van der Waals surface area contributed by atoms with Gasteiger partial charge in [0.2, 0.25) is 0 Å². The van der Waals surface area contributed by atoms with Crippen LogP contribution in [0.5, 0.6) is 0 Å². The SMILES string of the molecule is N[C@@H](c1ccc(F)cc1C(F)(F)F)C1CCNCC1. The third kappa shape index (κ3) is 3.25. The van der Waals surface area contributed by atoms with Crippen LogP contribution >= 0.6 is 0 Å². The second kappa shape index (κ2) is 5.46. The number of hydrogen-bond donors (Lipinski definition) is 2. The zero-order chi connectivity index (χ0) is 14.0.